The Kier molecular flexibility index (Phi) is 7.95. The van der Waals surface area contributed by atoms with E-state index >= 15 is 0 Å². The van der Waals surface area contributed by atoms with Crippen LogP contribution in [-0.4, -0.2) is 117 Å². The van der Waals surface area contributed by atoms with E-state index in [1.807, 2.05) is 0 Å². The molecule has 9 atom stereocenters. The van der Waals surface area contributed by atoms with E-state index in [1.165, 1.54) is 14.0 Å². The summed E-state index contributed by atoms with van der Waals surface area (Å²) in [5.41, 5.74) is -1.09. The Bertz CT molecular complexity index is 559. The van der Waals surface area contributed by atoms with Crippen molar-refractivity contribution < 1.29 is 54.4 Å². The molecule has 2 aliphatic heterocycles. The Morgan fingerprint density at radius 2 is 1.76 bits per heavy atom. The number of amides is 1. The lowest BCUT2D eigenvalue weighted by Crippen LogP contribution is -2.70. The fraction of sp³-hybridized carbons (Fsp3) is 0.941. The van der Waals surface area contributed by atoms with E-state index in [0.29, 0.717) is 0 Å². The van der Waals surface area contributed by atoms with Gasteiger partial charge in [0, 0.05) is 14.0 Å². The molecular weight excluding hydrogens is 394 g/mol. The minimum atomic E-state index is -2.06. The molecular formula is C17H31NO11. The van der Waals surface area contributed by atoms with Crippen molar-refractivity contribution in [1.82, 2.24) is 5.32 Å². The summed E-state index contributed by atoms with van der Waals surface area (Å²) in [6.45, 7) is 3.95. The van der Waals surface area contributed by atoms with Crippen molar-refractivity contribution in [2.45, 2.75) is 87.7 Å². The van der Waals surface area contributed by atoms with Crippen LogP contribution in [0.15, 0.2) is 0 Å². The van der Waals surface area contributed by atoms with E-state index in [2.05, 4.69) is 5.32 Å². The van der Waals surface area contributed by atoms with Gasteiger partial charge in [-0.15, -0.1) is 0 Å². The average molecular weight is 425 g/mol. The summed E-state index contributed by atoms with van der Waals surface area (Å²) < 4.78 is 21.7. The molecule has 0 bridgehead atoms. The van der Waals surface area contributed by atoms with Crippen LogP contribution < -0.4 is 5.32 Å². The van der Waals surface area contributed by atoms with Gasteiger partial charge in [-0.2, -0.15) is 0 Å². The van der Waals surface area contributed by atoms with Crippen LogP contribution in [0.5, 0.6) is 0 Å². The van der Waals surface area contributed by atoms with Gasteiger partial charge in [-0.25, -0.2) is 0 Å². The normalized spacial score (nSPS) is 42.7. The van der Waals surface area contributed by atoms with Crippen LogP contribution in [0.1, 0.15) is 20.8 Å². The fourth-order valence-corrected chi connectivity index (χ4v) is 3.76. The Hall–Kier alpha value is -0.930. The molecule has 7 N–H and O–H groups in total. The molecule has 0 aromatic rings. The second-order valence-electron chi connectivity index (χ2n) is 7.78. The standard InChI is InChI=1S/C17H31NO11/c1-6(20)18-14-12(8(21)7(5-19)29-17(14,2)3)27-16-10(23)9(22)11(26-4)13(28-16)15(24)25/h7-16,19,21-25H,5H2,1-4H3,(H,18,20)/t7-,8?,9+,10-,11?,12+,13+,14-,16-/m0/s1. The number of hydrogen-bond donors (Lipinski definition) is 7. The maximum Gasteiger partial charge on any atom is 0.217 e. The van der Waals surface area contributed by atoms with Gasteiger partial charge in [0.25, 0.3) is 0 Å². The van der Waals surface area contributed by atoms with Crippen LogP contribution in [0.3, 0.4) is 0 Å². The number of ether oxygens (including phenoxy) is 4. The first kappa shape index (κ1) is 24.3. The Balaban J connectivity index is 2.31. The van der Waals surface area contributed by atoms with E-state index in [0.717, 1.165) is 0 Å². The second kappa shape index (κ2) is 9.47. The van der Waals surface area contributed by atoms with Crippen LogP contribution in [0.2, 0.25) is 0 Å². The van der Waals surface area contributed by atoms with Gasteiger partial charge in [-0.05, 0) is 13.8 Å². The highest BCUT2D eigenvalue weighted by Crippen LogP contribution is 2.34. The van der Waals surface area contributed by atoms with Gasteiger partial charge in [0.2, 0.25) is 5.91 Å². The third-order valence-corrected chi connectivity index (χ3v) is 5.23. The first-order valence-electron chi connectivity index (χ1n) is 9.24. The van der Waals surface area contributed by atoms with Crippen LogP contribution in [-0.2, 0) is 23.7 Å². The molecule has 1 amide bonds. The largest absolute Gasteiger partial charge is 0.394 e. The van der Waals surface area contributed by atoms with Crippen molar-refractivity contribution >= 4 is 5.91 Å². The molecule has 0 aliphatic carbocycles. The van der Waals surface area contributed by atoms with Crippen molar-refractivity contribution in [3.05, 3.63) is 0 Å². The third kappa shape index (κ3) is 5.05. The first-order valence-corrected chi connectivity index (χ1v) is 9.24. The lowest BCUT2D eigenvalue weighted by Gasteiger charge is -2.51. The number of methoxy groups -OCH3 is 1. The summed E-state index contributed by atoms with van der Waals surface area (Å²) in [4.78, 5) is 11.7. The lowest BCUT2D eigenvalue weighted by atomic mass is 9.84. The predicted octanol–water partition coefficient (Wildman–Crippen LogP) is -3.82. The van der Waals surface area contributed by atoms with E-state index in [1.54, 1.807) is 13.8 Å². The predicted molar refractivity (Wildman–Crippen MR) is 94.2 cm³/mol. The molecule has 12 nitrogen and oxygen atoms in total. The molecule has 2 rings (SSSR count). The first-order chi connectivity index (χ1) is 13.4. The van der Waals surface area contributed by atoms with Gasteiger partial charge in [0.15, 0.2) is 12.6 Å². The number of aliphatic hydroxyl groups is 6. The molecule has 0 radical (unpaired) electrons. The number of carbonyl (C=O) groups excluding carboxylic acids is 1. The Morgan fingerprint density at radius 3 is 2.24 bits per heavy atom. The summed E-state index contributed by atoms with van der Waals surface area (Å²) >= 11 is 0. The van der Waals surface area contributed by atoms with E-state index in [9.17, 15) is 35.4 Å². The topological polar surface area (TPSA) is 187 Å². The molecule has 2 heterocycles. The summed E-state index contributed by atoms with van der Waals surface area (Å²) in [5, 5.41) is 62.5. The molecule has 0 aromatic heterocycles. The number of carbonyl (C=O) groups is 1. The SMILES string of the molecule is COC1[C@H](C(O)O)O[C@H](O[C@@H]2C(O)[C@H](CO)OC(C)(C)[C@H]2NC(C)=O)[C@@H](O)[C@H]1O. The molecule has 0 spiro atoms. The maximum atomic E-state index is 11.7. The lowest BCUT2D eigenvalue weighted by molar-refractivity contribution is -0.356. The van der Waals surface area contributed by atoms with E-state index in [-0.39, 0.29) is 0 Å². The zero-order valence-electron chi connectivity index (χ0n) is 16.7. The Morgan fingerprint density at radius 1 is 1.14 bits per heavy atom. The van der Waals surface area contributed by atoms with Crippen LogP contribution in [0, 0.1) is 0 Å². The zero-order valence-corrected chi connectivity index (χ0v) is 16.7. The summed E-state index contributed by atoms with van der Waals surface area (Å²) in [7, 11) is 1.20. The molecule has 2 fully saturated rings. The van der Waals surface area contributed by atoms with Crippen molar-refractivity contribution in [3.8, 4) is 0 Å². The third-order valence-electron chi connectivity index (χ3n) is 5.23. The van der Waals surface area contributed by atoms with Gasteiger partial charge in [-0.3, -0.25) is 4.79 Å². The molecule has 0 saturated carbocycles. The minimum Gasteiger partial charge on any atom is -0.394 e. The number of nitrogens with one attached hydrogen (secondary N) is 1. The highest BCUT2D eigenvalue weighted by atomic mass is 16.7. The van der Waals surface area contributed by atoms with Crippen LogP contribution in [0.25, 0.3) is 0 Å². The van der Waals surface area contributed by atoms with Crippen molar-refractivity contribution in [1.29, 1.82) is 0 Å². The van der Waals surface area contributed by atoms with Crippen molar-refractivity contribution in [2.75, 3.05) is 13.7 Å². The molecule has 2 unspecified atom stereocenters. The Labute approximate surface area is 167 Å². The fourth-order valence-electron chi connectivity index (χ4n) is 3.76. The van der Waals surface area contributed by atoms with Gasteiger partial charge in [0.05, 0.1) is 18.2 Å². The molecule has 0 aromatic carbocycles. The van der Waals surface area contributed by atoms with Crippen LogP contribution in [0.4, 0.5) is 0 Å². The van der Waals surface area contributed by atoms with Crippen molar-refractivity contribution in [2.24, 2.45) is 0 Å². The van der Waals surface area contributed by atoms with Gasteiger partial charge < -0.3 is 54.9 Å². The van der Waals surface area contributed by atoms with Crippen molar-refractivity contribution in [3.63, 3.8) is 0 Å². The highest BCUT2D eigenvalue weighted by molar-refractivity contribution is 5.73. The summed E-state index contributed by atoms with van der Waals surface area (Å²) in [6.07, 6.45) is -13.4. The zero-order chi connectivity index (χ0) is 22.1. The molecule has 12 heteroatoms. The van der Waals surface area contributed by atoms with Gasteiger partial charge in [-0.1, -0.05) is 0 Å². The summed E-state index contributed by atoms with van der Waals surface area (Å²) in [5.74, 6) is -0.442. The molecule has 2 aliphatic rings. The second-order valence-corrected chi connectivity index (χ2v) is 7.78. The smallest absolute Gasteiger partial charge is 0.217 e. The molecule has 29 heavy (non-hydrogen) atoms. The summed E-state index contributed by atoms with van der Waals surface area (Å²) in [6, 6.07) is -0.927. The van der Waals surface area contributed by atoms with Crippen LogP contribution >= 0.6 is 0 Å². The quantitative estimate of drug-likeness (QED) is 0.207. The number of aliphatic hydroxyl groups excluding tert-OH is 5. The maximum absolute atomic E-state index is 11.7. The monoisotopic (exact) mass is 425 g/mol. The highest BCUT2D eigenvalue weighted by Gasteiger charge is 2.54. The van der Waals surface area contributed by atoms with Gasteiger partial charge in [0.1, 0.15) is 42.7 Å². The van der Waals surface area contributed by atoms with E-state index < -0.39 is 79.5 Å². The van der Waals surface area contributed by atoms with Gasteiger partial charge >= 0.3 is 0 Å². The minimum absolute atomic E-state index is 0.442. The molecule has 2 saturated heterocycles. The number of rotatable bonds is 6. The van der Waals surface area contributed by atoms with E-state index in [4.69, 9.17) is 18.9 Å². The number of hydrogen-bond acceptors (Lipinski definition) is 11. The average Bonchev–Trinajstić information content (AvgIpc) is 2.63. The molecule has 170 valence electrons.